The smallest absolute Gasteiger partial charge is 0.109 e. The Balaban J connectivity index is 1.98. The summed E-state index contributed by atoms with van der Waals surface area (Å²) in [6.07, 6.45) is 4.63. The Kier molecular flexibility index (Phi) is 2.36. The van der Waals surface area contributed by atoms with Crippen molar-refractivity contribution in [2.75, 3.05) is 0 Å². The third-order valence-electron chi connectivity index (χ3n) is 3.22. The lowest BCUT2D eigenvalue weighted by atomic mass is 10.0. The molecule has 16 heavy (non-hydrogen) atoms. The number of fused-ring (bicyclic) bond motifs is 1. The maximum Gasteiger partial charge on any atom is 0.109 e. The molecule has 2 aromatic rings. The normalized spacial score (nSPS) is 19.8. The summed E-state index contributed by atoms with van der Waals surface area (Å²) >= 11 is 1.83. The summed E-state index contributed by atoms with van der Waals surface area (Å²) in [6.45, 7) is 5.59. The van der Waals surface area contributed by atoms with E-state index in [1.54, 1.807) is 0 Å². The van der Waals surface area contributed by atoms with Gasteiger partial charge < -0.3 is 4.57 Å². The summed E-state index contributed by atoms with van der Waals surface area (Å²) in [6, 6.07) is 4.35. The number of aromatic nitrogens is 2. The molecule has 0 radical (unpaired) electrons. The van der Waals surface area contributed by atoms with Gasteiger partial charge in [-0.3, -0.25) is 0 Å². The number of nitrogens with zero attached hydrogens (tertiary/aromatic N) is 2. The number of rotatable bonds is 1. The van der Waals surface area contributed by atoms with Crippen LogP contribution in [0.1, 0.15) is 24.0 Å². The lowest BCUT2D eigenvalue weighted by Crippen LogP contribution is -2.17. The van der Waals surface area contributed by atoms with Crippen LogP contribution in [0.5, 0.6) is 0 Å². The van der Waals surface area contributed by atoms with E-state index in [9.17, 15) is 0 Å². The van der Waals surface area contributed by atoms with E-state index in [4.69, 9.17) is 4.98 Å². The highest BCUT2D eigenvalue weighted by Gasteiger charge is 2.17. The van der Waals surface area contributed by atoms with Gasteiger partial charge in [0.25, 0.3) is 0 Å². The van der Waals surface area contributed by atoms with Gasteiger partial charge >= 0.3 is 0 Å². The van der Waals surface area contributed by atoms with E-state index in [-0.39, 0.29) is 0 Å². The van der Waals surface area contributed by atoms with E-state index in [1.165, 1.54) is 22.0 Å². The van der Waals surface area contributed by atoms with Crippen molar-refractivity contribution in [1.82, 2.24) is 9.55 Å². The minimum Gasteiger partial charge on any atom is -0.334 e. The topological polar surface area (TPSA) is 17.8 Å². The second-order valence-electron chi connectivity index (χ2n) is 4.75. The van der Waals surface area contributed by atoms with Crippen molar-refractivity contribution in [2.45, 2.75) is 33.2 Å². The first-order valence-electron chi connectivity index (χ1n) is 5.85. The summed E-state index contributed by atoms with van der Waals surface area (Å²) in [5.41, 5.74) is 1.15. The average molecular weight is 232 g/mol. The van der Waals surface area contributed by atoms with Crippen LogP contribution in [-0.4, -0.2) is 9.55 Å². The molecule has 2 nitrogen and oxygen atoms in total. The molecule has 3 heterocycles. The number of thiophene rings is 1. The Bertz CT molecular complexity index is 510. The zero-order chi connectivity index (χ0) is 11.1. The molecule has 0 spiro atoms. The van der Waals surface area contributed by atoms with Gasteiger partial charge in [0, 0.05) is 24.0 Å². The molecule has 0 bridgehead atoms. The SMILES string of the molecule is Cc1ccc(-c2cn3c(n2)CCC(C)C3)s1. The Morgan fingerprint density at radius 2 is 2.31 bits per heavy atom. The molecule has 1 atom stereocenters. The molecule has 0 fully saturated rings. The van der Waals surface area contributed by atoms with Crippen LogP contribution in [0.3, 0.4) is 0 Å². The summed E-state index contributed by atoms with van der Waals surface area (Å²) in [5.74, 6) is 2.05. The Morgan fingerprint density at radius 1 is 1.44 bits per heavy atom. The maximum atomic E-state index is 4.74. The van der Waals surface area contributed by atoms with Crippen LogP contribution in [0.25, 0.3) is 10.6 Å². The fourth-order valence-electron chi connectivity index (χ4n) is 2.31. The summed E-state index contributed by atoms with van der Waals surface area (Å²) in [7, 11) is 0. The molecule has 84 valence electrons. The molecule has 0 saturated carbocycles. The van der Waals surface area contributed by atoms with Crippen LogP contribution in [0.2, 0.25) is 0 Å². The van der Waals surface area contributed by atoms with Crippen LogP contribution < -0.4 is 0 Å². The molecule has 0 aliphatic carbocycles. The first kappa shape index (κ1) is 10.1. The van der Waals surface area contributed by atoms with Crippen molar-refractivity contribution in [3.8, 4) is 10.6 Å². The van der Waals surface area contributed by atoms with E-state index in [2.05, 4.69) is 36.7 Å². The molecule has 3 rings (SSSR count). The number of imidazole rings is 1. The zero-order valence-electron chi connectivity index (χ0n) is 9.73. The summed E-state index contributed by atoms with van der Waals surface area (Å²) in [4.78, 5) is 7.40. The quantitative estimate of drug-likeness (QED) is 0.735. The van der Waals surface area contributed by atoms with Gasteiger partial charge in [-0.25, -0.2) is 4.98 Å². The molecule has 0 amide bonds. The average Bonchev–Trinajstić information content (AvgIpc) is 2.83. The van der Waals surface area contributed by atoms with Crippen LogP contribution >= 0.6 is 11.3 Å². The van der Waals surface area contributed by atoms with E-state index in [0.717, 1.165) is 24.6 Å². The second kappa shape index (κ2) is 3.74. The highest BCUT2D eigenvalue weighted by molar-refractivity contribution is 7.15. The van der Waals surface area contributed by atoms with Gasteiger partial charge in [0.05, 0.1) is 10.6 Å². The number of hydrogen-bond donors (Lipinski definition) is 0. The lowest BCUT2D eigenvalue weighted by Gasteiger charge is -2.19. The van der Waals surface area contributed by atoms with E-state index in [0.29, 0.717) is 0 Å². The fraction of sp³-hybridized carbons (Fsp3) is 0.462. The molecule has 1 unspecified atom stereocenters. The molecule has 0 aromatic carbocycles. The van der Waals surface area contributed by atoms with Crippen LogP contribution in [0.4, 0.5) is 0 Å². The minimum absolute atomic E-state index is 0.791. The molecule has 1 aliphatic rings. The predicted octanol–water partition coefficient (Wildman–Crippen LogP) is 3.50. The summed E-state index contributed by atoms with van der Waals surface area (Å²) < 4.78 is 2.33. The van der Waals surface area contributed by atoms with Gasteiger partial charge in [0.15, 0.2) is 0 Å². The Hall–Kier alpha value is -1.09. The predicted molar refractivity (Wildman–Crippen MR) is 67.8 cm³/mol. The van der Waals surface area contributed by atoms with Crippen molar-refractivity contribution < 1.29 is 0 Å². The number of hydrogen-bond acceptors (Lipinski definition) is 2. The van der Waals surface area contributed by atoms with Crippen molar-refractivity contribution in [1.29, 1.82) is 0 Å². The standard InChI is InChI=1S/C13H16N2S/c1-9-3-6-13-14-11(8-15(13)7-9)12-5-4-10(2)16-12/h4-5,8-9H,3,6-7H2,1-2H3. The highest BCUT2D eigenvalue weighted by atomic mass is 32.1. The molecule has 1 aliphatic heterocycles. The third kappa shape index (κ3) is 1.69. The van der Waals surface area contributed by atoms with E-state index in [1.807, 2.05) is 11.3 Å². The second-order valence-corrected chi connectivity index (χ2v) is 6.04. The molecule has 0 N–H and O–H groups in total. The van der Waals surface area contributed by atoms with E-state index >= 15 is 0 Å². The van der Waals surface area contributed by atoms with Crippen LogP contribution in [0.15, 0.2) is 18.3 Å². The van der Waals surface area contributed by atoms with Crippen LogP contribution in [-0.2, 0) is 13.0 Å². The summed E-state index contributed by atoms with van der Waals surface area (Å²) in [5, 5.41) is 0. The monoisotopic (exact) mass is 232 g/mol. The number of aryl methyl sites for hydroxylation is 2. The molecular formula is C13H16N2S. The van der Waals surface area contributed by atoms with Gasteiger partial charge in [-0.1, -0.05) is 6.92 Å². The van der Waals surface area contributed by atoms with Crippen molar-refractivity contribution >= 4 is 11.3 Å². The van der Waals surface area contributed by atoms with Gasteiger partial charge in [0.1, 0.15) is 5.82 Å². The van der Waals surface area contributed by atoms with Crippen LogP contribution in [0, 0.1) is 12.8 Å². The first-order chi connectivity index (χ1) is 7.72. The van der Waals surface area contributed by atoms with Crippen molar-refractivity contribution in [3.05, 3.63) is 29.0 Å². The molecule has 2 aromatic heterocycles. The first-order valence-corrected chi connectivity index (χ1v) is 6.67. The van der Waals surface area contributed by atoms with Gasteiger partial charge in [-0.05, 0) is 31.4 Å². The van der Waals surface area contributed by atoms with Crippen molar-refractivity contribution in [2.24, 2.45) is 5.92 Å². The molecule has 3 heteroatoms. The zero-order valence-corrected chi connectivity index (χ0v) is 10.5. The lowest BCUT2D eigenvalue weighted by molar-refractivity contribution is 0.394. The van der Waals surface area contributed by atoms with Gasteiger partial charge in [0.2, 0.25) is 0 Å². The van der Waals surface area contributed by atoms with Gasteiger partial charge in [-0.15, -0.1) is 11.3 Å². The molecule has 0 saturated heterocycles. The Labute approximate surface area is 100.0 Å². The largest absolute Gasteiger partial charge is 0.334 e. The van der Waals surface area contributed by atoms with Gasteiger partial charge in [-0.2, -0.15) is 0 Å². The van der Waals surface area contributed by atoms with Crippen molar-refractivity contribution in [3.63, 3.8) is 0 Å². The third-order valence-corrected chi connectivity index (χ3v) is 4.24. The van der Waals surface area contributed by atoms with E-state index < -0.39 is 0 Å². The Morgan fingerprint density at radius 3 is 3.06 bits per heavy atom. The highest BCUT2D eigenvalue weighted by Crippen LogP contribution is 2.29. The fourth-order valence-corrected chi connectivity index (χ4v) is 3.13. The minimum atomic E-state index is 0.791. The molecular weight excluding hydrogens is 216 g/mol. The maximum absolute atomic E-state index is 4.74.